The van der Waals surface area contributed by atoms with Crippen LogP contribution in [0, 0.1) is 5.82 Å². The van der Waals surface area contributed by atoms with Crippen LogP contribution in [-0.4, -0.2) is 17.6 Å². The lowest BCUT2D eigenvalue weighted by atomic mass is 9.86. The fourth-order valence-corrected chi connectivity index (χ4v) is 3.38. The van der Waals surface area contributed by atoms with E-state index in [0.29, 0.717) is 22.4 Å². The van der Waals surface area contributed by atoms with Gasteiger partial charge in [0.05, 0.1) is 23.6 Å². The number of rotatable bonds is 8. The van der Waals surface area contributed by atoms with Crippen LogP contribution >= 0.6 is 0 Å². The lowest BCUT2D eigenvalue weighted by Crippen LogP contribution is -2.16. The lowest BCUT2D eigenvalue weighted by Gasteiger charge is -2.22. The molecule has 1 heterocycles. The maximum absolute atomic E-state index is 14.1. The molecule has 3 nitrogen and oxygen atoms in total. The Balaban J connectivity index is 2.99. The highest BCUT2D eigenvalue weighted by atomic mass is 19.1. The highest BCUT2D eigenvalue weighted by Crippen LogP contribution is 2.38. The number of unbranched alkanes of at least 4 members (excludes halogenated alkanes) is 1. The summed E-state index contributed by atoms with van der Waals surface area (Å²) in [6.45, 7) is 12.4. The first-order valence-corrected chi connectivity index (χ1v) is 10.5. The minimum Gasteiger partial charge on any atom is -0.462 e. The molecule has 0 N–H and O–H groups in total. The van der Waals surface area contributed by atoms with E-state index in [1.807, 2.05) is 26.0 Å². The Morgan fingerprint density at radius 1 is 1.14 bits per heavy atom. The number of halogens is 1. The molecule has 1 aromatic heterocycles. The van der Waals surface area contributed by atoms with Gasteiger partial charge in [-0.25, -0.2) is 9.18 Å². The highest BCUT2D eigenvalue weighted by Gasteiger charge is 2.27. The average molecular weight is 398 g/mol. The number of benzene rings is 1. The number of carbonyl (C=O) groups is 1. The number of pyridine rings is 1. The molecule has 0 aliphatic heterocycles. The monoisotopic (exact) mass is 397 g/mol. The highest BCUT2D eigenvalue weighted by molar-refractivity contribution is 6.01. The van der Waals surface area contributed by atoms with Crippen molar-refractivity contribution < 1.29 is 13.9 Å². The molecule has 2 rings (SSSR count). The van der Waals surface area contributed by atoms with Crippen molar-refractivity contribution in [2.75, 3.05) is 6.61 Å². The molecule has 0 spiro atoms. The number of ether oxygens (including phenoxy) is 1. The smallest absolute Gasteiger partial charge is 0.340 e. The second-order valence-corrected chi connectivity index (χ2v) is 7.78. The lowest BCUT2D eigenvalue weighted by molar-refractivity contribution is 0.0525. The van der Waals surface area contributed by atoms with E-state index >= 15 is 0 Å². The summed E-state index contributed by atoms with van der Waals surface area (Å²) in [6, 6.07) is 6.40. The maximum atomic E-state index is 14.1. The number of esters is 1. The normalized spacial score (nSPS) is 11.6. The fourth-order valence-electron chi connectivity index (χ4n) is 3.38. The molecule has 0 unspecified atom stereocenters. The average Bonchev–Trinajstić information content (AvgIpc) is 2.67. The Bertz CT molecular complexity index is 885. The van der Waals surface area contributed by atoms with E-state index in [4.69, 9.17) is 9.72 Å². The number of aromatic nitrogens is 1. The molecule has 0 bridgehead atoms. The molecular formula is C25H32FNO2. The van der Waals surface area contributed by atoms with Crippen LogP contribution in [0.3, 0.4) is 0 Å². The molecule has 0 atom stereocenters. The second kappa shape index (κ2) is 10.3. The van der Waals surface area contributed by atoms with E-state index in [2.05, 4.69) is 26.8 Å². The van der Waals surface area contributed by atoms with Crippen LogP contribution in [0.4, 0.5) is 4.39 Å². The van der Waals surface area contributed by atoms with Gasteiger partial charge >= 0.3 is 5.97 Å². The summed E-state index contributed by atoms with van der Waals surface area (Å²) < 4.78 is 19.5. The summed E-state index contributed by atoms with van der Waals surface area (Å²) >= 11 is 0. The van der Waals surface area contributed by atoms with Gasteiger partial charge in [-0.15, -0.1) is 0 Å². The Morgan fingerprint density at radius 3 is 2.38 bits per heavy atom. The Labute approximate surface area is 174 Å². The van der Waals surface area contributed by atoms with Gasteiger partial charge in [0, 0.05) is 11.1 Å². The van der Waals surface area contributed by atoms with Crippen LogP contribution in [0.2, 0.25) is 0 Å². The van der Waals surface area contributed by atoms with Gasteiger partial charge in [0.25, 0.3) is 0 Å². The third kappa shape index (κ3) is 5.31. The number of hydrogen-bond donors (Lipinski definition) is 0. The van der Waals surface area contributed by atoms with Crippen LogP contribution < -0.4 is 0 Å². The Hall–Kier alpha value is -2.49. The molecule has 0 aliphatic rings. The van der Waals surface area contributed by atoms with Crippen LogP contribution in [0.15, 0.2) is 30.3 Å². The van der Waals surface area contributed by atoms with E-state index in [9.17, 15) is 9.18 Å². The Morgan fingerprint density at radius 2 is 1.83 bits per heavy atom. The van der Waals surface area contributed by atoms with E-state index in [-0.39, 0.29) is 24.3 Å². The summed E-state index contributed by atoms with van der Waals surface area (Å²) in [5.41, 5.74) is 4.28. The van der Waals surface area contributed by atoms with Gasteiger partial charge in [-0.1, -0.05) is 65.3 Å². The van der Waals surface area contributed by atoms with Crippen molar-refractivity contribution in [3.63, 3.8) is 0 Å². The first-order chi connectivity index (χ1) is 13.8. The zero-order valence-corrected chi connectivity index (χ0v) is 18.4. The van der Waals surface area contributed by atoms with Crippen LogP contribution in [0.25, 0.3) is 17.2 Å². The number of allylic oxidation sites excluding steroid dienone is 1. The van der Waals surface area contributed by atoms with Gasteiger partial charge in [-0.2, -0.15) is 0 Å². The van der Waals surface area contributed by atoms with Gasteiger partial charge in [-0.3, -0.25) is 4.98 Å². The van der Waals surface area contributed by atoms with Crippen molar-refractivity contribution in [2.45, 2.75) is 66.2 Å². The van der Waals surface area contributed by atoms with Gasteiger partial charge in [-0.05, 0) is 42.9 Å². The van der Waals surface area contributed by atoms with Gasteiger partial charge in [0.2, 0.25) is 0 Å². The topological polar surface area (TPSA) is 39.2 Å². The summed E-state index contributed by atoms with van der Waals surface area (Å²) in [5, 5.41) is 0. The molecule has 0 fully saturated rings. The first kappa shape index (κ1) is 22.8. The predicted octanol–water partition coefficient (Wildman–Crippen LogP) is 7.12. The van der Waals surface area contributed by atoms with Gasteiger partial charge in [0.1, 0.15) is 5.82 Å². The van der Waals surface area contributed by atoms with Crippen molar-refractivity contribution in [2.24, 2.45) is 0 Å². The second-order valence-electron chi connectivity index (χ2n) is 7.78. The van der Waals surface area contributed by atoms with Gasteiger partial charge < -0.3 is 4.74 Å². The van der Waals surface area contributed by atoms with Crippen LogP contribution in [0.5, 0.6) is 0 Å². The van der Waals surface area contributed by atoms with Crippen molar-refractivity contribution in [1.29, 1.82) is 0 Å². The molecule has 1 aromatic carbocycles. The number of carbonyl (C=O) groups excluding carboxylic acids is 1. The zero-order chi connectivity index (χ0) is 21.6. The molecular weight excluding hydrogens is 365 g/mol. The molecule has 0 radical (unpaired) electrons. The third-order valence-electron chi connectivity index (χ3n) is 4.72. The Kier molecular flexibility index (Phi) is 8.12. The van der Waals surface area contributed by atoms with E-state index in [0.717, 1.165) is 24.1 Å². The van der Waals surface area contributed by atoms with Crippen LogP contribution in [-0.2, 0) is 4.74 Å². The molecule has 29 heavy (non-hydrogen) atoms. The fraction of sp³-hybridized carbons (Fsp3) is 0.440. The third-order valence-corrected chi connectivity index (χ3v) is 4.72. The minimum atomic E-state index is -0.414. The predicted molar refractivity (Wildman–Crippen MR) is 118 cm³/mol. The van der Waals surface area contributed by atoms with Crippen molar-refractivity contribution in [3.05, 3.63) is 58.7 Å². The molecule has 0 saturated heterocycles. The quantitative estimate of drug-likeness (QED) is 0.445. The molecule has 0 amide bonds. The minimum absolute atomic E-state index is 0.0212. The van der Waals surface area contributed by atoms with Crippen LogP contribution in [0.1, 0.15) is 93.5 Å². The SMILES string of the molecule is CCCC=Cc1c(C(C)C)nc(C(C)C)c(C(=O)OCC)c1-c1cccc(F)c1. The van der Waals surface area contributed by atoms with Crippen molar-refractivity contribution in [1.82, 2.24) is 4.98 Å². The van der Waals surface area contributed by atoms with E-state index in [1.54, 1.807) is 13.0 Å². The maximum Gasteiger partial charge on any atom is 0.340 e. The van der Waals surface area contributed by atoms with E-state index < -0.39 is 5.97 Å². The molecule has 4 heteroatoms. The molecule has 156 valence electrons. The van der Waals surface area contributed by atoms with E-state index in [1.165, 1.54) is 12.1 Å². The molecule has 0 aliphatic carbocycles. The van der Waals surface area contributed by atoms with Crippen molar-refractivity contribution >= 4 is 12.0 Å². The van der Waals surface area contributed by atoms with Gasteiger partial charge in [0.15, 0.2) is 0 Å². The number of hydrogen-bond acceptors (Lipinski definition) is 3. The van der Waals surface area contributed by atoms with Crippen molar-refractivity contribution in [3.8, 4) is 11.1 Å². The molecule has 0 saturated carbocycles. The zero-order valence-electron chi connectivity index (χ0n) is 18.4. The summed E-state index contributed by atoms with van der Waals surface area (Å²) in [7, 11) is 0. The first-order valence-electron chi connectivity index (χ1n) is 10.5. The molecule has 2 aromatic rings. The number of nitrogens with zero attached hydrogens (tertiary/aromatic N) is 1. The summed E-state index contributed by atoms with van der Waals surface area (Å²) in [5.74, 6) is -0.580. The standard InChI is InChI=1S/C25H32FNO2/c1-7-9-10-14-20-21(18-12-11-13-19(26)15-18)22(25(28)29-8-2)24(17(5)6)27-23(20)16(3)4/h10-17H,7-9H2,1-6H3. The largest absolute Gasteiger partial charge is 0.462 e. The summed E-state index contributed by atoms with van der Waals surface area (Å²) in [4.78, 5) is 17.9. The summed E-state index contributed by atoms with van der Waals surface area (Å²) in [6.07, 6.45) is 6.06.